The van der Waals surface area contributed by atoms with Crippen molar-refractivity contribution in [2.24, 2.45) is 0 Å². The molecule has 0 aliphatic heterocycles. The molecule has 0 aromatic carbocycles. The largest absolute Gasteiger partial charge is 0 e. The second-order valence-corrected chi connectivity index (χ2v) is 0. The Morgan fingerprint density at radius 3 is 1.00 bits per heavy atom. The van der Waals surface area contributed by atoms with E-state index in [4.69, 9.17) is 0 Å². The summed E-state index contributed by atoms with van der Waals surface area (Å²) < 4.78 is 0. The molecule has 0 aliphatic rings. The smallest absolute Gasteiger partial charge is 0 e. The normalized spacial score (nSPS) is 0. The van der Waals surface area contributed by atoms with Crippen molar-refractivity contribution < 1.29 is 52.4 Å². The molecule has 0 N–H and O–H groups in total. The quantitative estimate of drug-likeness (QED) is 0.458. The van der Waals surface area contributed by atoms with Crippen molar-refractivity contribution >= 4 is 17.4 Å². The molecular weight excluding hydrogens is 192 g/mol. The van der Waals surface area contributed by atoms with E-state index in [0.29, 0.717) is 0 Å². The molecule has 0 spiro atoms. The molecule has 0 fully saturated rings. The molecule has 4 heteroatoms. The Kier molecular flexibility index (Phi) is 170. The maximum absolute atomic E-state index is 0. The van der Waals surface area contributed by atoms with Crippen molar-refractivity contribution in [2.45, 2.75) is 0 Å². The van der Waals surface area contributed by atoms with Crippen LogP contribution in [0.3, 0.4) is 0 Å². The summed E-state index contributed by atoms with van der Waals surface area (Å²) in [6.07, 6.45) is 0. The van der Waals surface area contributed by atoms with Crippen LogP contribution in [0.1, 0.15) is 0 Å². The first-order valence-corrected chi connectivity index (χ1v) is 0. The molecule has 24 valence electrons. The zero-order chi connectivity index (χ0) is 0. The topological polar surface area (TPSA) is 0 Å². The standard InChI is InChI=1S/Al.Co.Mn.V. The molecule has 0 saturated heterocycles. The van der Waals surface area contributed by atoms with E-state index < -0.39 is 0 Å². The minimum Gasteiger partial charge on any atom is 0 e. The second kappa shape index (κ2) is 19.2. The third kappa shape index (κ3) is 8.91. The molecule has 0 bridgehead atoms. The molecule has 0 saturated carbocycles. The molecule has 0 heterocycles. The zero-order valence-corrected chi connectivity index (χ0v) is 6.51. The Morgan fingerprint density at radius 1 is 1.00 bits per heavy atom. The maximum Gasteiger partial charge on any atom is 0 e. The van der Waals surface area contributed by atoms with E-state index in [1.54, 1.807) is 0 Å². The summed E-state index contributed by atoms with van der Waals surface area (Å²) >= 11 is 0. The zero-order valence-electron chi connectivity index (χ0n) is 1.74. The number of rotatable bonds is 0. The number of hydrogen-bond donors (Lipinski definition) is 0. The van der Waals surface area contributed by atoms with Crippen LogP contribution in [0, 0.1) is 0 Å². The van der Waals surface area contributed by atoms with Gasteiger partial charge in [0.1, 0.15) is 0 Å². The summed E-state index contributed by atoms with van der Waals surface area (Å²) in [5.41, 5.74) is 0. The first-order chi connectivity index (χ1) is 0. The van der Waals surface area contributed by atoms with E-state index in [1.807, 2.05) is 0 Å². The van der Waals surface area contributed by atoms with E-state index in [1.165, 1.54) is 0 Å². The molecule has 0 unspecified atom stereocenters. The van der Waals surface area contributed by atoms with Crippen molar-refractivity contribution in [1.29, 1.82) is 0 Å². The Labute approximate surface area is 69.2 Å². The third-order valence-corrected chi connectivity index (χ3v) is 0. The predicted octanol–water partition coefficient (Wildman–Crippen LogP) is -0.388. The minimum atomic E-state index is 0. The molecule has 6 radical (unpaired) electrons. The molecule has 0 amide bonds. The van der Waals surface area contributed by atoms with Gasteiger partial charge in [-0.15, -0.1) is 0 Å². The fourth-order valence-corrected chi connectivity index (χ4v) is 0. The van der Waals surface area contributed by atoms with E-state index in [0.717, 1.165) is 0 Å². The van der Waals surface area contributed by atoms with Gasteiger partial charge in [0.15, 0.2) is 0 Å². The van der Waals surface area contributed by atoms with E-state index in [2.05, 4.69) is 0 Å². The van der Waals surface area contributed by atoms with E-state index in [9.17, 15) is 0 Å². The maximum atomic E-state index is 0. The molecule has 0 atom stereocenters. The van der Waals surface area contributed by atoms with Crippen LogP contribution in [0.25, 0.3) is 0 Å². The first-order valence-electron chi connectivity index (χ1n) is 0. The first kappa shape index (κ1) is 35.4. The van der Waals surface area contributed by atoms with Crippen molar-refractivity contribution in [3.63, 3.8) is 0 Å². The van der Waals surface area contributed by atoms with Crippen LogP contribution in [-0.2, 0) is 52.4 Å². The van der Waals surface area contributed by atoms with Gasteiger partial charge in [-0.2, -0.15) is 0 Å². The van der Waals surface area contributed by atoms with Gasteiger partial charge < -0.3 is 0 Å². The Bertz CT molecular complexity index is 8.00. The average Bonchev–Trinajstić information content (AvgIpc) is 0. The number of hydrogen-bond acceptors (Lipinski definition) is 0. The monoisotopic (exact) mass is 192 g/mol. The van der Waals surface area contributed by atoms with E-state index in [-0.39, 0.29) is 69.8 Å². The summed E-state index contributed by atoms with van der Waals surface area (Å²) in [5.74, 6) is 0. The minimum absolute atomic E-state index is 0. The second-order valence-electron chi connectivity index (χ2n) is 0. The van der Waals surface area contributed by atoms with Gasteiger partial charge in [0, 0.05) is 69.8 Å². The SMILES string of the molecule is [Al].[Co].[Mn].[V]. The van der Waals surface area contributed by atoms with E-state index >= 15 is 0 Å². The molecule has 4 heavy (non-hydrogen) atoms. The summed E-state index contributed by atoms with van der Waals surface area (Å²) in [7, 11) is 0. The fourth-order valence-electron chi connectivity index (χ4n) is 0. The van der Waals surface area contributed by atoms with Crippen molar-refractivity contribution in [3.8, 4) is 0 Å². The van der Waals surface area contributed by atoms with Gasteiger partial charge in [-0.05, 0) is 0 Å². The molecule has 0 nitrogen and oxygen atoms in total. The summed E-state index contributed by atoms with van der Waals surface area (Å²) in [4.78, 5) is 0. The molecule has 0 rings (SSSR count). The van der Waals surface area contributed by atoms with Crippen LogP contribution in [0.5, 0.6) is 0 Å². The summed E-state index contributed by atoms with van der Waals surface area (Å²) in [6.45, 7) is 0. The summed E-state index contributed by atoms with van der Waals surface area (Å²) in [6, 6.07) is 0. The van der Waals surface area contributed by atoms with Crippen LogP contribution < -0.4 is 0 Å². The average molecular weight is 192 g/mol. The van der Waals surface area contributed by atoms with Crippen LogP contribution in [0.4, 0.5) is 0 Å². The van der Waals surface area contributed by atoms with Gasteiger partial charge in [-0.1, -0.05) is 0 Å². The molecule has 0 aliphatic carbocycles. The Hall–Kier alpha value is 2.14. The Morgan fingerprint density at radius 2 is 1.00 bits per heavy atom. The van der Waals surface area contributed by atoms with Gasteiger partial charge in [-0.3, -0.25) is 0 Å². The van der Waals surface area contributed by atoms with Crippen molar-refractivity contribution in [3.05, 3.63) is 0 Å². The predicted molar refractivity (Wildman–Crippen MR) is 5.75 cm³/mol. The van der Waals surface area contributed by atoms with Gasteiger partial charge >= 0.3 is 0 Å². The van der Waals surface area contributed by atoms with Crippen molar-refractivity contribution in [2.75, 3.05) is 0 Å². The van der Waals surface area contributed by atoms with Crippen LogP contribution in [-0.4, -0.2) is 17.4 Å². The van der Waals surface area contributed by atoms with Crippen LogP contribution >= 0.6 is 0 Å². The van der Waals surface area contributed by atoms with Gasteiger partial charge in [-0.25, -0.2) is 0 Å². The van der Waals surface area contributed by atoms with Crippen molar-refractivity contribution in [1.82, 2.24) is 0 Å². The van der Waals surface area contributed by atoms with Crippen LogP contribution in [0.2, 0.25) is 0 Å². The van der Waals surface area contributed by atoms with Gasteiger partial charge in [0.05, 0.1) is 0 Å². The third-order valence-electron chi connectivity index (χ3n) is 0. The fraction of sp³-hybridized carbons (Fsp3) is 0. The van der Waals surface area contributed by atoms with Gasteiger partial charge in [0.2, 0.25) is 0 Å². The van der Waals surface area contributed by atoms with Gasteiger partial charge in [0.25, 0.3) is 0 Å². The molecule has 0 aromatic heterocycles. The molecule has 0 aromatic rings. The summed E-state index contributed by atoms with van der Waals surface area (Å²) in [5, 5.41) is 0. The van der Waals surface area contributed by atoms with Crippen LogP contribution in [0.15, 0.2) is 0 Å². The Balaban J connectivity index is 0. The molecular formula is AlCoMnV.